The SMILES string of the molecule is CC(O)(C(=O)N1CCC2(CC1)CC2C(=O)NCc1cccc(-c2ncco2)c1)C(F)(F)F. The van der Waals surface area contributed by atoms with Crippen molar-refractivity contribution in [3.63, 3.8) is 0 Å². The van der Waals surface area contributed by atoms with Crippen LogP contribution in [0.4, 0.5) is 13.2 Å². The average molecular weight is 451 g/mol. The molecule has 1 saturated heterocycles. The minimum absolute atomic E-state index is 0.0903. The molecule has 1 aromatic carbocycles. The number of amides is 2. The molecule has 1 spiro atoms. The van der Waals surface area contributed by atoms with Crippen LogP contribution in [-0.2, 0) is 16.1 Å². The van der Waals surface area contributed by atoms with E-state index >= 15 is 0 Å². The molecular weight excluding hydrogens is 427 g/mol. The van der Waals surface area contributed by atoms with E-state index in [0.717, 1.165) is 16.0 Å². The molecule has 2 amide bonds. The van der Waals surface area contributed by atoms with Gasteiger partial charge in [0, 0.05) is 31.1 Å². The highest BCUT2D eigenvalue weighted by Crippen LogP contribution is 2.59. The Hall–Kier alpha value is -2.88. The maximum absolute atomic E-state index is 12.9. The van der Waals surface area contributed by atoms with Gasteiger partial charge in [-0.25, -0.2) is 4.98 Å². The Bertz CT molecular complexity index is 996. The summed E-state index contributed by atoms with van der Waals surface area (Å²) >= 11 is 0. The molecule has 172 valence electrons. The number of oxazole rings is 1. The van der Waals surface area contributed by atoms with Crippen molar-refractivity contribution in [2.24, 2.45) is 11.3 Å². The number of hydrogen-bond donors (Lipinski definition) is 2. The Morgan fingerprint density at radius 1 is 1.31 bits per heavy atom. The summed E-state index contributed by atoms with van der Waals surface area (Å²) in [5, 5.41) is 12.5. The predicted molar refractivity (Wildman–Crippen MR) is 107 cm³/mol. The summed E-state index contributed by atoms with van der Waals surface area (Å²) in [4.78, 5) is 30.0. The molecule has 4 rings (SSSR count). The van der Waals surface area contributed by atoms with Crippen molar-refractivity contribution in [2.75, 3.05) is 13.1 Å². The van der Waals surface area contributed by atoms with Gasteiger partial charge in [-0.1, -0.05) is 12.1 Å². The summed E-state index contributed by atoms with van der Waals surface area (Å²) in [6.07, 6.45) is -0.480. The van der Waals surface area contributed by atoms with Gasteiger partial charge in [0.05, 0.1) is 6.20 Å². The number of carbonyl (C=O) groups is 2. The molecule has 10 heteroatoms. The van der Waals surface area contributed by atoms with Crippen molar-refractivity contribution in [3.8, 4) is 11.5 Å². The van der Waals surface area contributed by atoms with Crippen LogP contribution in [0.15, 0.2) is 41.1 Å². The third-order valence-electron chi connectivity index (χ3n) is 6.59. The summed E-state index contributed by atoms with van der Waals surface area (Å²) in [7, 11) is 0. The number of benzene rings is 1. The van der Waals surface area contributed by atoms with E-state index in [2.05, 4.69) is 10.3 Å². The first-order valence-electron chi connectivity index (χ1n) is 10.4. The number of aliphatic hydroxyl groups is 1. The van der Waals surface area contributed by atoms with E-state index in [0.29, 0.717) is 38.6 Å². The summed E-state index contributed by atoms with van der Waals surface area (Å²) in [5.74, 6) is -1.18. The van der Waals surface area contributed by atoms with Crippen LogP contribution in [0.25, 0.3) is 11.5 Å². The van der Waals surface area contributed by atoms with Crippen LogP contribution in [0.5, 0.6) is 0 Å². The molecule has 2 aliphatic rings. The van der Waals surface area contributed by atoms with Crippen molar-refractivity contribution in [3.05, 3.63) is 42.3 Å². The smallest absolute Gasteiger partial charge is 0.426 e. The van der Waals surface area contributed by atoms with Crippen LogP contribution in [0.2, 0.25) is 0 Å². The highest BCUT2D eigenvalue weighted by atomic mass is 19.4. The Kier molecular flexibility index (Phi) is 5.52. The fourth-order valence-corrected chi connectivity index (χ4v) is 4.35. The van der Waals surface area contributed by atoms with Crippen molar-refractivity contribution >= 4 is 11.8 Å². The van der Waals surface area contributed by atoms with Crippen molar-refractivity contribution in [2.45, 2.75) is 44.5 Å². The lowest BCUT2D eigenvalue weighted by Gasteiger charge is -2.37. The molecular formula is C22H24F3N3O4. The van der Waals surface area contributed by atoms with E-state index in [1.807, 2.05) is 24.3 Å². The predicted octanol–water partition coefficient (Wildman–Crippen LogP) is 2.90. The van der Waals surface area contributed by atoms with E-state index in [9.17, 15) is 27.9 Å². The Labute approximate surface area is 182 Å². The first-order chi connectivity index (χ1) is 15.0. The number of carbonyl (C=O) groups excluding carboxylic acids is 2. The van der Waals surface area contributed by atoms with Gasteiger partial charge in [0.15, 0.2) is 0 Å². The van der Waals surface area contributed by atoms with Crippen LogP contribution in [0.1, 0.15) is 31.7 Å². The highest BCUT2D eigenvalue weighted by molar-refractivity contribution is 5.86. The van der Waals surface area contributed by atoms with Crippen LogP contribution < -0.4 is 5.32 Å². The molecule has 1 aliphatic carbocycles. The van der Waals surface area contributed by atoms with Gasteiger partial charge in [-0.15, -0.1) is 0 Å². The number of nitrogens with one attached hydrogen (secondary N) is 1. The van der Waals surface area contributed by atoms with Gasteiger partial charge in [-0.3, -0.25) is 9.59 Å². The molecule has 2 heterocycles. The van der Waals surface area contributed by atoms with Gasteiger partial charge >= 0.3 is 6.18 Å². The number of halogens is 3. The van der Waals surface area contributed by atoms with Crippen LogP contribution in [0.3, 0.4) is 0 Å². The van der Waals surface area contributed by atoms with E-state index in [-0.39, 0.29) is 30.3 Å². The average Bonchev–Trinajstić information content (AvgIpc) is 3.19. The number of nitrogens with zero attached hydrogens (tertiary/aromatic N) is 2. The zero-order chi connectivity index (χ0) is 23.1. The molecule has 0 radical (unpaired) electrons. The monoisotopic (exact) mass is 451 g/mol. The van der Waals surface area contributed by atoms with Crippen molar-refractivity contribution in [1.29, 1.82) is 0 Å². The summed E-state index contributed by atoms with van der Waals surface area (Å²) in [6, 6.07) is 7.47. The molecule has 2 atom stereocenters. The maximum Gasteiger partial charge on any atom is 0.426 e. The Morgan fingerprint density at radius 2 is 2.03 bits per heavy atom. The highest BCUT2D eigenvalue weighted by Gasteiger charge is 2.61. The number of alkyl halides is 3. The van der Waals surface area contributed by atoms with Gasteiger partial charge in [0.1, 0.15) is 6.26 Å². The Balaban J connectivity index is 1.29. The number of rotatable bonds is 5. The maximum atomic E-state index is 12.9. The molecule has 2 N–H and O–H groups in total. The third kappa shape index (κ3) is 4.11. The minimum atomic E-state index is -5.04. The second kappa shape index (κ2) is 7.91. The summed E-state index contributed by atoms with van der Waals surface area (Å²) in [6.45, 7) is 0.989. The first-order valence-corrected chi connectivity index (χ1v) is 10.4. The quantitative estimate of drug-likeness (QED) is 0.729. The van der Waals surface area contributed by atoms with Crippen LogP contribution >= 0.6 is 0 Å². The van der Waals surface area contributed by atoms with Gasteiger partial charge in [-0.05, 0) is 49.3 Å². The normalized spacial score (nSPS) is 21.8. The molecule has 1 aromatic heterocycles. The minimum Gasteiger partial charge on any atom is -0.445 e. The van der Waals surface area contributed by atoms with E-state index < -0.39 is 17.7 Å². The van der Waals surface area contributed by atoms with Crippen LogP contribution in [-0.4, -0.2) is 51.7 Å². The Morgan fingerprint density at radius 3 is 2.66 bits per heavy atom. The zero-order valence-electron chi connectivity index (χ0n) is 17.5. The number of hydrogen-bond acceptors (Lipinski definition) is 5. The number of likely N-dealkylation sites (tertiary alicyclic amines) is 1. The van der Waals surface area contributed by atoms with E-state index in [4.69, 9.17) is 4.42 Å². The van der Waals surface area contributed by atoms with E-state index in [1.165, 1.54) is 6.26 Å². The molecule has 2 aromatic rings. The lowest BCUT2D eigenvalue weighted by molar-refractivity contribution is -0.250. The molecule has 32 heavy (non-hydrogen) atoms. The van der Waals surface area contributed by atoms with Crippen molar-refractivity contribution < 1.29 is 32.3 Å². The number of piperidine rings is 1. The lowest BCUT2D eigenvalue weighted by atomic mass is 9.89. The van der Waals surface area contributed by atoms with Gasteiger partial charge in [0.2, 0.25) is 17.4 Å². The lowest BCUT2D eigenvalue weighted by Crippen LogP contribution is -2.57. The second-order valence-electron chi connectivity index (χ2n) is 8.74. The fourth-order valence-electron chi connectivity index (χ4n) is 4.35. The van der Waals surface area contributed by atoms with Crippen molar-refractivity contribution in [1.82, 2.24) is 15.2 Å². The van der Waals surface area contributed by atoms with Gasteiger partial charge in [-0.2, -0.15) is 13.2 Å². The fraction of sp³-hybridized carbons (Fsp3) is 0.500. The third-order valence-corrected chi connectivity index (χ3v) is 6.59. The molecule has 7 nitrogen and oxygen atoms in total. The molecule has 1 saturated carbocycles. The van der Waals surface area contributed by atoms with Crippen LogP contribution in [0, 0.1) is 11.3 Å². The van der Waals surface area contributed by atoms with Gasteiger partial charge in [0.25, 0.3) is 5.91 Å². The second-order valence-corrected chi connectivity index (χ2v) is 8.74. The topological polar surface area (TPSA) is 95.7 Å². The zero-order valence-corrected chi connectivity index (χ0v) is 17.5. The van der Waals surface area contributed by atoms with Gasteiger partial charge < -0.3 is 19.7 Å². The first kappa shape index (κ1) is 22.3. The summed E-state index contributed by atoms with van der Waals surface area (Å²) < 4.78 is 44.1. The molecule has 1 aliphatic heterocycles. The molecule has 2 unspecified atom stereocenters. The molecule has 0 bridgehead atoms. The largest absolute Gasteiger partial charge is 0.445 e. The van der Waals surface area contributed by atoms with E-state index in [1.54, 1.807) is 6.20 Å². The summed E-state index contributed by atoms with van der Waals surface area (Å²) in [5.41, 5.74) is -2.00. The molecule has 2 fully saturated rings. The number of aromatic nitrogens is 1. The standard InChI is InChI=1S/C22H24F3N3O4/c1-20(31,22(23,24)25)19(30)28-8-5-21(6-9-28)12-16(21)17(29)27-13-14-3-2-4-15(11-14)18-26-7-10-32-18/h2-4,7,10-11,16,31H,5-6,8-9,12-13H2,1H3,(H,27,29).